The van der Waals surface area contributed by atoms with Gasteiger partial charge in [0.2, 0.25) is 5.88 Å². The molecule has 0 radical (unpaired) electrons. The summed E-state index contributed by atoms with van der Waals surface area (Å²) in [6.07, 6.45) is 0. The van der Waals surface area contributed by atoms with Crippen LogP contribution in [0.4, 0.5) is 0 Å². The predicted molar refractivity (Wildman–Crippen MR) is 80.1 cm³/mol. The van der Waals surface area contributed by atoms with E-state index in [1.165, 1.54) is 18.2 Å². The summed E-state index contributed by atoms with van der Waals surface area (Å²) in [5, 5.41) is 8.99. The van der Waals surface area contributed by atoms with Crippen molar-refractivity contribution in [1.82, 2.24) is 9.97 Å². The number of aromatic carboxylic acids is 1. The Morgan fingerprint density at radius 3 is 2.71 bits per heavy atom. The number of rotatable bonds is 4. The summed E-state index contributed by atoms with van der Waals surface area (Å²) in [5.41, 5.74) is -0.240. The number of carboxylic acid groups (broad SMARTS) is 1. The van der Waals surface area contributed by atoms with Crippen molar-refractivity contribution in [2.24, 2.45) is 0 Å². The lowest BCUT2D eigenvalue weighted by atomic mass is 10.2. The van der Waals surface area contributed by atoms with E-state index in [1.54, 1.807) is 6.07 Å². The highest BCUT2D eigenvalue weighted by Gasteiger charge is 2.11. The lowest BCUT2D eigenvalue weighted by molar-refractivity contribution is 0.0696. The number of nitrogens with one attached hydrogen (secondary N) is 1. The fourth-order valence-corrected chi connectivity index (χ4v) is 1.93. The molecule has 0 aliphatic carbocycles. The minimum absolute atomic E-state index is 0.0371. The zero-order chi connectivity index (χ0) is 15.6. The molecule has 7 heteroatoms. The number of aromatic amines is 1. The van der Waals surface area contributed by atoms with Crippen molar-refractivity contribution in [2.75, 3.05) is 0 Å². The molecule has 2 rings (SSSR count). The Hall–Kier alpha value is -2.15. The van der Waals surface area contributed by atoms with E-state index < -0.39 is 5.97 Å². The lowest BCUT2D eigenvalue weighted by Gasteiger charge is -2.10. The molecule has 6 nitrogen and oxygen atoms in total. The second kappa shape index (κ2) is 6.09. The van der Waals surface area contributed by atoms with Crippen molar-refractivity contribution in [3.63, 3.8) is 0 Å². The van der Waals surface area contributed by atoms with Crippen LogP contribution < -0.4 is 10.3 Å². The second-order valence-corrected chi connectivity index (χ2v) is 5.53. The third-order valence-electron chi connectivity index (χ3n) is 2.68. The normalized spacial score (nSPS) is 10.7. The highest BCUT2D eigenvalue weighted by atomic mass is 79.9. The topological polar surface area (TPSA) is 92.3 Å². The van der Waals surface area contributed by atoms with Gasteiger partial charge in [0.1, 0.15) is 11.6 Å². The molecule has 0 saturated heterocycles. The molecule has 0 aliphatic heterocycles. The first kappa shape index (κ1) is 15.2. The lowest BCUT2D eigenvalue weighted by Crippen LogP contribution is -2.12. The molecule has 0 bridgehead atoms. The molecule has 0 unspecified atom stereocenters. The van der Waals surface area contributed by atoms with Gasteiger partial charge in [-0.1, -0.05) is 13.8 Å². The minimum Gasteiger partial charge on any atom is -0.478 e. The number of benzene rings is 1. The van der Waals surface area contributed by atoms with Gasteiger partial charge >= 0.3 is 5.97 Å². The van der Waals surface area contributed by atoms with E-state index in [-0.39, 0.29) is 28.7 Å². The van der Waals surface area contributed by atoms with Crippen LogP contribution >= 0.6 is 15.9 Å². The minimum atomic E-state index is -1.06. The number of carbonyl (C=O) groups is 1. The van der Waals surface area contributed by atoms with E-state index in [4.69, 9.17) is 9.84 Å². The summed E-state index contributed by atoms with van der Waals surface area (Å²) in [5.74, 6) is -0.125. The van der Waals surface area contributed by atoms with Crippen LogP contribution in [0.5, 0.6) is 11.6 Å². The smallest absolute Gasteiger partial charge is 0.335 e. The highest BCUT2D eigenvalue weighted by Crippen LogP contribution is 2.29. The number of ether oxygens (including phenoxy) is 1. The van der Waals surface area contributed by atoms with Crippen molar-refractivity contribution < 1.29 is 14.6 Å². The van der Waals surface area contributed by atoms with Gasteiger partial charge in [-0.3, -0.25) is 4.79 Å². The first-order valence-electron chi connectivity index (χ1n) is 6.19. The number of H-pyrrole nitrogens is 1. The number of aromatic nitrogens is 2. The van der Waals surface area contributed by atoms with Gasteiger partial charge in [-0.15, -0.1) is 0 Å². The van der Waals surface area contributed by atoms with Gasteiger partial charge in [0.15, 0.2) is 0 Å². The molecule has 0 atom stereocenters. The van der Waals surface area contributed by atoms with Crippen LogP contribution in [0.15, 0.2) is 33.5 Å². The van der Waals surface area contributed by atoms with E-state index in [9.17, 15) is 9.59 Å². The summed E-state index contributed by atoms with van der Waals surface area (Å²) in [6.45, 7) is 3.78. The van der Waals surface area contributed by atoms with Gasteiger partial charge < -0.3 is 14.8 Å². The molecule has 0 saturated carbocycles. The first-order valence-corrected chi connectivity index (χ1v) is 6.98. The third kappa shape index (κ3) is 3.69. The summed E-state index contributed by atoms with van der Waals surface area (Å²) >= 11 is 3.27. The predicted octanol–water partition coefficient (Wildman–Crippen LogP) is 3.15. The average Bonchev–Trinajstić information content (AvgIpc) is 2.40. The summed E-state index contributed by atoms with van der Waals surface area (Å²) < 4.78 is 6.10. The molecule has 2 N–H and O–H groups in total. The molecule has 0 fully saturated rings. The van der Waals surface area contributed by atoms with Crippen molar-refractivity contribution in [2.45, 2.75) is 19.8 Å². The van der Waals surface area contributed by atoms with Crippen LogP contribution in [0.1, 0.15) is 35.9 Å². The number of halogens is 1. The molecule has 0 amide bonds. The van der Waals surface area contributed by atoms with Crippen molar-refractivity contribution in [1.29, 1.82) is 0 Å². The Labute approximate surface area is 128 Å². The molecular weight excluding hydrogens is 340 g/mol. The van der Waals surface area contributed by atoms with Gasteiger partial charge in [-0.25, -0.2) is 4.79 Å². The van der Waals surface area contributed by atoms with Crippen LogP contribution in [0.3, 0.4) is 0 Å². The Morgan fingerprint density at radius 2 is 2.10 bits per heavy atom. The molecule has 2 aromatic rings. The Morgan fingerprint density at radius 1 is 1.38 bits per heavy atom. The van der Waals surface area contributed by atoms with E-state index in [2.05, 4.69) is 25.9 Å². The first-order chi connectivity index (χ1) is 9.86. The standard InChI is InChI=1S/C14H13BrN2O4/c1-7(2)13-16-11(18)6-12(17-13)21-10-5-8(14(19)20)3-4-9(10)15/h3-7H,1-2H3,(H,19,20)(H,16,17,18). The van der Waals surface area contributed by atoms with E-state index in [0.29, 0.717) is 10.3 Å². The summed E-state index contributed by atoms with van der Waals surface area (Å²) in [6, 6.07) is 5.59. The molecular formula is C14H13BrN2O4. The van der Waals surface area contributed by atoms with Gasteiger partial charge in [0, 0.05) is 5.92 Å². The van der Waals surface area contributed by atoms with Crippen molar-refractivity contribution >= 4 is 21.9 Å². The number of hydrogen-bond donors (Lipinski definition) is 2. The maximum atomic E-state index is 11.6. The van der Waals surface area contributed by atoms with E-state index in [0.717, 1.165) is 0 Å². The highest BCUT2D eigenvalue weighted by molar-refractivity contribution is 9.10. The molecule has 1 heterocycles. The molecule has 0 spiro atoms. The third-order valence-corrected chi connectivity index (χ3v) is 3.33. The van der Waals surface area contributed by atoms with E-state index in [1.807, 2.05) is 13.8 Å². The molecule has 110 valence electrons. The average molecular weight is 353 g/mol. The Balaban J connectivity index is 2.40. The van der Waals surface area contributed by atoms with Crippen molar-refractivity contribution in [3.05, 3.63) is 50.5 Å². The maximum absolute atomic E-state index is 11.6. The van der Waals surface area contributed by atoms with Crippen LogP contribution in [0.2, 0.25) is 0 Å². The van der Waals surface area contributed by atoms with Crippen LogP contribution in [0, 0.1) is 0 Å². The van der Waals surface area contributed by atoms with Gasteiger partial charge in [-0.2, -0.15) is 4.98 Å². The van der Waals surface area contributed by atoms with Crippen LogP contribution in [-0.2, 0) is 0 Å². The largest absolute Gasteiger partial charge is 0.478 e. The zero-order valence-electron chi connectivity index (χ0n) is 11.4. The molecule has 1 aromatic heterocycles. The SMILES string of the molecule is CC(C)c1nc(Oc2cc(C(=O)O)ccc2Br)cc(=O)[nH]1. The van der Waals surface area contributed by atoms with Gasteiger partial charge in [-0.05, 0) is 34.1 Å². The van der Waals surface area contributed by atoms with Crippen molar-refractivity contribution in [3.8, 4) is 11.6 Å². The number of hydrogen-bond acceptors (Lipinski definition) is 4. The fraction of sp³-hybridized carbons (Fsp3) is 0.214. The molecule has 21 heavy (non-hydrogen) atoms. The quantitative estimate of drug-likeness (QED) is 0.881. The molecule has 1 aromatic carbocycles. The zero-order valence-corrected chi connectivity index (χ0v) is 13.0. The van der Waals surface area contributed by atoms with Gasteiger partial charge in [0.05, 0.1) is 16.1 Å². The second-order valence-electron chi connectivity index (χ2n) is 4.68. The number of nitrogens with zero attached hydrogens (tertiary/aromatic N) is 1. The van der Waals surface area contributed by atoms with Crippen LogP contribution in [0.25, 0.3) is 0 Å². The summed E-state index contributed by atoms with van der Waals surface area (Å²) in [4.78, 5) is 29.4. The Kier molecular flexibility index (Phi) is 4.42. The van der Waals surface area contributed by atoms with Gasteiger partial charge in [0.25, 0.3) is 5.56 Å². The van der Waals surface area contributed by atoms with E-state index >= 15 is 0 Å². The number of carboxylic acids is 1. The fourth-order valence-electron chi connectivity index (χ4n) is 1.61. The van der Waals surface area contributed by atoms with Crippen LogP contribution in [-0.4, -0.2) is 21.0 Å². The molecule has 0 aliphatic rings. The monoisotopic (exact) mass is 352 g/mol. The summed E-state index contributed by atoms with van der Waals surface area (Å²) in [7, 11) is 0. The maximum Gasteiger partial charge on any atom is 0.335 e. The Bertz CT molecular complexity index is 740.